The summed E-state index contributed by atoms with van der Waals surface area (Å²) in [7, 11) is 0. The van der Waals surface area contributed by atoms with Crippen molar-refractivity contribution in [3.05, 3.63) is 39.9 Å². The molecule has 0 bridgehead atoms. The van der Waals surface area contributed by atoms with Gasteiger partial charge in [0.05, 0.1) is 10.8 Å². The minimum absolute atomic E-state index is 0.0710. The van der Waals surface area contributed by atoms with Gasteiger partial charge in [0.2, 0.25) is 5.91 Å². The van der Waals surface area contributed by atoms with Crippen molar-refractivity contribution in [2.24, 2.45) is 5.92 Å². The minimum Gasteiger partial charge on any atom is -0.343 e. The van der Waals surface area contributed by atoms with Gasteiger partial charge in [0.1, 0.15) is 0 Å². The van der Waals surface area contributed by atoms with Gasteiger partial charge >= 0.3 is 0 Å². The molecule has 1 amide bonds. The van der Waals surface area contributed by atoms with Crippen LogP contribution in [0.3, 0.4) is 0 Å². The molecule has 1 atom stereocenters. The van der Waals surface area contributed by atoms with Crippen LogP contribution in [0.25, 0.3) is 0 Å². The molecule has 1 aliphatic heterocycles. The lowest BCUT2D eigenvalue weighted by atomic mass is 9.96. The molecule has 1 aliphatic rings. The van der Waals surface area contributed by atoms with Crippen molar-refractivity contribution in [3.8, 4) is 0 Å². The average molecular weight is 319 g/mol. The molecule has 1 heterocycles. The first-order valence-electron chi connectivity index (χ1n) is 8.29. The van der Waals surface area contributed by atoms with E-state index >= 15 is 0 Å². The molecule has 6 heteroatoms. The predicted molar refractivity (Wildman–Crippen MR) is 89.0 cm³/mol. The maximum atomic E-state index is 12.5. The van der Waals surface area contributed by atoms with E-state index in [4.69, 9.17) is 0 Å². The van der Waals surface area contributed by atoms with Crippen molar-refractivity contribution in [2.75, 3.05) is 26.2 Å². The molecule has 6 nitrogen and oxygen atoms in total. The van der Waals surface area contributed by atoms with Crippen LogP contribution in [0.5, 0.6) is 0 Å². The first-order chi connectivity index (χ1) is 11.0. The summed E-state index contributed by atoms with van der Waals surface area (Å²) in [6.07, 6.45) is 1.97. The summed E-state index contributed by atoms with van der Waals surface area (Å²) in [6.45, 7) is 8.02. The Labute approximate surface area is 137 Å². The molecular formula is C17H25N3O3. The number of rotatable bonds is 6. The van der Waals surface area contributed by atoms with Crippen molar-refractivity contribution in [2.45, 2.75) is 33.2 Å². The van der Waals surface area contributed by atoms with Crippen LogP contribution in [0.1, 0.15) is 32.3 Å². The zero-order valence-corrected chi connectivity index (χ0v) is 13.9. The zero-order chi connectivity index (χ0) is 16.8. The third kappa shape index (κ3) is 4.51. The fourth-order valence-electron chi connectivity index (χ4n) is 3.18. The third-order valence-corrected chi connectivity index (χ3v) is 4.48. The van der Waals surface area contributed by atoms with E-state index in [1.807, 2.05) is 18.7 Å². The molecule has 1 aromatic rings. The van der Waals surface area contributed by atoms with Crippen LogP contribution < -0.4 is 0 Å². The quantitative estimate of drug-likeness (QED) is 0.597. The SMILES string of the molecule is CCN(CC)C(=O)[C@H]1CCCN(Cc2ccc([N+](=O)[O-])cc2)C1. The van der Waals surface area contributed by atoms with Crippen LogP contribution in [0.2, 0.25) is 0 Å². The van der Waals surface area contributed by atoms with Crippen LogP contribution >= 0.6 is 0 Å². The highest BCUT2D eigenvalue weighted by Crippen LogP contribution is 2.21. The molecule has 0 radical (unpaired) electrons. The van der Waals surface area contributed by atoms with Crippen LogP contribution in [-0.2, 0) is 11.3 Å². The van der Waals surface area contributed by atoms with Gasteiger partial charge in [-0.15, -0.1) is 0 Å². The number of hydrogen-bond donors (Lipinski definition) is 0. The second kappa shape index (κ2) is 8.06. The van der Waals surface area contributed by atoms with Crippen molar-refractivity contribution in [3.63, 3.8) is 0 Å². The molecule has 1 fully saturated rings. The van der Waals surface area contributed by atoms with Gasteiger partial charge in [0.25, 0.3) is 5.69 Å². The summed E-state index contributed by atoms with van der Waals surface area (Å²) in [5, 5.41) is 10.7. The van der Waals surface area contributed by atoms with Crippen LogP contribution in [0, 0.1) is 16.0 Å². The first-order valence-corrected chi connectivity index (χ1v) is 8.29. The van der Waals surface area contributed by atoms with Crippen molar-refractivity contribution in [1.29, 1.82) is 0 Å². The number of carbonyl (C=O) groups excluding carboxylic acids is 1. The largest absolute Gasteiger partial charge is 0.343 e. The number of likely N-dealkylation sites (tertiary alicyclic amines) is 1. The smallest absolute Gasteiger partial charge is 0.269 e. The van der Waals surface area contributed by atoms with Crippen LogP contribution in [0.15, 0.2) is 24.3 Å². The lowest BCUT2D eigenvalue weighted by Crippen LogP contribution is -2.44. The third-order valence-electron chi connectivity index (χ3n) is 4.48. The maximum absolute atomic E-state index is 12.5. The predicted octanol–water partition coefficient (Wildman–Crippen LogP) is 2.68. The van der Waals surface area contributed by atoms with E-state index in [0.29, 0.717) is 0 Å². The molecule has 126 valence electrons. The fourth-order valence-corrected chi connectivity index (χ4v) is 3.18. The highest BCUT2D eigenvalue weighted by atomic mass is 16.6. The summed E-state index contributed by atoms with van der Waals surface area (Å²) in [5.74, 6) is 0.324. The number of benzene rings is 1. The number of nitro groups is 1. The van der Waals surface area contributed by atoms with Gasteiger partial charge in [0.15, 0.2) is 0 Å². The molecule has 1 saturated heterocycles. The molecule has 0 spiro atoms. The summed E-state index contributed by atoms with van der Waals surface area (Å²) >= 11 is 0. The second-order valence-electron chi connectivity index (χ2n) is 6.01. The molecule has 0 aromatic heterocycles. The van der Waals surface area contributed by atoms with E-state index < -0.39 is 0 Å². The zero-order valence-electron chi connectivity index (χ0n) is 13.9. The molecule has 0 aliphatic carbocycles. The Morgan fingerprint density at radius 2 is 1.96 bits per heavy atom. The van der Waals surface area contributed by atoms with E-state index in [2.05, 4.69) is 4.90 Å². The topological polar surface area (TPSA) is 66.7 Å². The van der Waals surface area contributed by atoms with E-state index in [1.54, 1.807) is 12.1 Å². The average Bonchev–Trinajstić information content (AvgIpc) is 2.56. The van der Waals surface area contributed by atoms with Crippen molar-refractivity contribution >= 4 is 11.6 Å². The molecule has 1 aromatic carbocycles. The van der Waals surface area contributed by atoms with Gasteiger partial charge in [-0.1, -0.05) is 12.1 Å². The van der Waals surface area contributed by atoms with Crippen LogP contribution in [0.4, 0.5) is 5.69 Å². The summed E-state index contributed by atoms with van der Waals surface area (Å²) in [4.78, 5) is 27.0. The summed E-state index contributed by atoms with van der Waals surface area (Å²) < 4.78 is 0. The molecule has 23 heavy (non-hydrogen) atoms. The number of nitrogens with zero attached hydrogens (tertiary/aromatic N) is 3. The molecule has 0 saturated carbocycles. The Balaban J connectivity index is 1.95. The maximum Gasteiger partial charge on any atom is 0.269 e. The Bertz CT molecular complexity index is 541. The number of non-ortho nitro benzene ring substituents is 1. The van der Waals surface area contributed by atoms with E-state index in [-0.39, 0.29) is 22.4 Å². The number of carbonyl (C=O) groups is 1. The lowest BCUT2D eigenvalue weighted by Gasteiger charge is -2.34. The highest BCUT2D eigenvalue weighted by Gasteiger charge is 2.28. The fraction of sp³-hybridized carbons (Fsp3) is 0.588. The summed E-state index contributed by atoms with van der Waals surface area (Å²) in [5.41, 5.74) is 1.16. The Hall–Kier alpha value is -1.95. The standard InChI is InChI=1S/C17H25N3O3/c1-3-19(4-2)17(21)15-6-5-11-18(13-15)12-14-7-9-16(10-8-14)20(22)23/h7-10,15H,3-6,11-13H2,1-2H3/t15-/m0/s1. The van der Waals surface area contributed by atoms with Crippen LogP contribution in [-0.4, -0.2) is 46.8 Å². The molecule has 0 N–H and O–H groups in total. The van der Waals surface area contributed by atoms with Gasteiger partial charge < -0.3 is 4.90 Å². The lowest BCUT2D eigenvalue weighted by molar-refractivity contribution is -0.384. The van der Waals surface area contributed by atoms with E-state index in [1.165, 1.54) is 12.1 Å². The first kappa shape index (κ1) is 17.4. The minimum atomic E-state index is -0.385. The Morgan fingerprint density at radius 3 is 2.52 bits per heavy atom. The Morgan fingerprint density at radius 1 is 1.30 bits per heavy atom. The number of nitro benzene ring substituents is 1. The molecule has 2 rings (SSSR count). The summed E-state index contributed by atoms with van der Waals surface area (Å²) in [6, 6.07) is 6.68. The van der Waals surface area contributed by atoms with Gasteiger partial charge in [0, 0.05) is 38.3 Å². The normalized spacial score (nSPS) is 18.6. The van der Waals surface area contributed by atoms with Gasteiger partial charge in [-0.2, -0.15) is 0 Å². The van der Waals surface area contributed by atoms with Crippen molar-refractivity contribution < 1.29 is 9.72 Å². The second-order valence-corrected chi connectivity index (χ2v) is 6.01. The monoisotopic (exact) mass is 319 g/mol. The number of hydrogen-bond acceptors (Lipinski definition) is 4. The van der Waals surface area contributed by atoms with E-state index in [0.717, 1.165) is 51.1 Å². The number of piperidine rings is 1. The van der Waals surface area contributed by atoms with E-state index in [9.17, 15) is 14.9 Å². The number of amides is 1. The van der Waals surface area contributed by atoms with Gasteiger partial charge in [-0.25, -0.2) is 0 Å². The van der Waals surface area contributed by atoms with Crippen molar-refractivity contribution in [1.82, 2.24) is 9.80 Å². The van der Waals surface area contributed by atoms with Gasteiger partial charge in [-0.3, -0.25) is 19.8 Å². The molecular weight excluding hydrogens is 294 g/mol. The molecule has 0 unspecified atom stereocenters. The highest BCUT2D eigenvalue weighted by molar-refractivity contribution is 5.79. The van der Waals surface area contributed by atoms with Gasteiger partial charge in [-0.05, 0) is 38.8 Å². The Kier molecular flexibility index (Phi) is 6.10.